The molecule has 1 unspecified atom stereocenters. The molecule has 1 aliphatic heterocycles. The summed E-state index contributed by atoms with van der Waals surface area (Å²) in [6.07, 6.45) is -0.220. The molecule has 1 aliphatic rings. The maximum atomic E-state index is 12.7. The number of likely N-dealkylation sites (N-methyl/N-ethyl adjacent to an activating group) is 2. The van der Waals surface area contributed by atoms with Gasteiger partial charge in [0.05, 0.1) is 25.7 Å². The molecule has 0 saturated carbocycles. The molecule has 1 saturated heterocycles. The van der Waals surface area contributed by atoms with Crippen molar-refractivity contribution < 1.29 is 23.9 Å². The summed E-state index contributed by atoms with van der Waals surface area (Å²) in [4.78, 5) is 41.3. The summed E-state index contributed by atoms with van der Waals surface area (Å²) in [5.41, 5.74) is -1.60. The van der Waals surface area contributed by atoms with Gasteiger partial charge in [0, 0.05) is 13.6 Å². The van der Waals surface area contributed by atoms with E-state index < -0.39 is 23.4 Å². The van der Waals surface area contributed by atoms with Gasteiger partial charge in [-0.05, 0) is 26.9 Å². The summed E-state index contributed by atoms with van der Waals surface area (Å²) in [6.45, 7) is 9.18. The van der Waals surface area contributed by atoms with E-state index in [-0.39, 0.29) is 32.1 Å². The molecule has 7 heteroatoms. The van der Waals surface area contributed by atoms with E-state index in [1.807, 2.05) is 18.7 Å². The average molecular weight is 328 g/mol. The predicted molar refractivity (Wildman–Crippen MR) is 84.7 cm³/mol. The summed E-state index contributed by atoms with van der Waals surface area (Å²) >= 11 is 0. The van der Waals surface area contributed by atoms with Crippen LogP contribution in [0.15, 0.2) is 0 Å². The van der Waals surface area contributed by atoms with E-state index in [9.17, 15) is 14.4 Å². The predicted octanol–water partition coefficient (Wildman–Crippen LogP) is 0.672. The van der Waals surface area contributed by atoms with E-state index in [4.69, 9.17) is 9.47 Å². The number of rotatable bonds is 7. The summed E-state index contributed by atoms with van der Waals surface area (Å²) in [7, 11) is 1.68. The van der Waals surface area contributed by atoms with E-state index in [1.54, 1.807) is 25.8 Å². The van der Waals surface area contributed by atoms with Crippen LogP contribution in [0, 0.1) is 5.41 Å². The first-order valence-corrected chi connectivity index (χ1v) is 8.21. The van der Waals surface area contributed by atoms with Gasteiger partial charge >= 0.3 is 11.9 Å². The number of nitrogens with zero attached hydrogens (tertiary/aromatic N) is 2. The van der Waals surface area contributed by atoms with Gasteiger partial charge in [0.2, 0.25) is 5.91 Å². The van der Waals surface area contributed by atoms with Crippen LogP contribution < -0.4 is 0 Å². The molecule has 23 heavy (non-hydrogen) atoms. The van der Waals surface area contributed by atoms with Crippen molar-refractivity contribution in [2.24, 2.45) is 5.41 Å². The van der Waals surface area contributed by atoms with Gasteiger partial charge in [-0.15, -0.1) is 0 Å². The Hall–Kier alpha value is -1.63. The molecule has 0 aromatic heterocycles. The molecule has 0 spiro atoms. The van der Waals surface area contributed by atoms with Crippen LogP contribution in [0.4, 0.5) is 0 Å². The summed E-state index contributed by atoms with van der Waals surface area (Å²) < 4.78 is 10.3. The monoisotopic (exact) mass is 328 g/mol. The van der Waals surface area contributed by atoms with Gasteiger partial charge in [0.1, 0.15) is 0 Å². The molecule has 1 atom stereocenters. The van der Waals surface area contributed by atoms with Gasteiger partial charge in [-0.25, -0.2) is 0 Å². The van der Waals surface area contributed by atoms with Gasteiger partial charge in [0.25, 0.3) is 0 Å². The maximum absolute atomic E-state index is 12.7. The largest absolute Gasteiger partial charge is 0.465 e. The number of carbonyl (C=O) groups excluding carboxylic acids is 3. The molecule has 0 aliphatic carbocycles. The highest BCUT2D eigenvalue weighted by Gasteiger charge is 2.60. The highest BCUT2D eigenvalue weighted by molar-refractivity contribution is 6.05. The molecule has 1 heterocycles. The summed E-state index contributed by atoms with van der Waals surface area (Å²) in [5.74, 6) is -1.59. The first-order chi connectivity index (χ1) is 10.9. The van der Waals surface area contributed by atoms with Crippen molar-refractivity contribution in [2.45, 2.75) is 40.2 Å². The van der Waals surface area contributed by atoms with Crippen molar-refractivity contribution in [1.82, 2.24) is 9.80 Å². The van der Waals surface area contributed by atoms with Crippen molar-refractivity contribution >= 4 is 17.8 Å². The molecule has 1 fully saturated rings. The van der Waals surface area contributed by atoms with Crippen molar-refractivity contribution in [3.05, 3.63) is 0 Å². The minimum Gasteiger partial charge on any atom is -0.465 e. The Morgan fingerprint density at radius 1 is 1.13 bits per heavy atom. The minimum absolute atomic E-state index is 0.148. The lowest BCUT2D eigenvalue weighted by Gasteiger charge is -2.46. The lowest BCUT2D eigenvalue weighted by Crippen LogP contribution is -2.66. The molecule has 132 valence electrons. The van der Waals surface area contributed by atoms with Crippen LogP contribution in [-0.4, -0.2) is 73.6 Å². The second-order valence-electron chi connectivity index (χ2n) is 5.60. The van der Waals surface area contributed by atoms with Crippen LogP contribution in [-0.2, 0) is 23.9 Å². The van der Waals surface area contributed by atoms with Gasteiger partial charge < -0.3 is 14.4 Å². The molecule has 1 amide bonds. The van der Waals surface area contributed by atoms with Crippen LogP contribution in [0.25, 0.3) is 0 Å². The number of piperidine rings is 1. The normalized spacial score (nSPS) is 20.5. The van der Waals surface area contributed by atoms with Crippen LogP contribution in [0.1, 0.15) is 34.1 Å². The Balaban J connectivity index is 3.40. The molecule has 0 N–H and O–H groups in total. The lowest BCUT2D eigenvalue weighted by atomic mass is 9.73. The SMILES string of the molecule is CCOC(=O)C1(C(=O)OCC)CC(=O)N(C)CC1N(CC)CC. The highest BCUT2D eigenvalue weighted by atomic mass is 16.6. The quantitative estimate of drug-likeness (QED) is 0.505. The molecule has 0 radical (unpaired) electrons. The average Bonchev–Trinajstić information content (AvgIpc) is 2.52. The van der Waals surface area contributed by atoms with Gasteiger partial charge in [0.15, 0.2) is 5.41 Å². The number of carbonyl (C=O) groups is 3. The van der Waals surface area contributed by atoms with Gasteiger partial charge in [-0.3, -0.25) is 19.3 Å². The fourth-order valence-corrected chi connectivity index (χ4v) is 3.12. The molecule has 0 bridgehead atoms. The Bertz CT molecular complexity index is 430. The third-order valence-electron chi connectivity index (χ3n) is 4.40. The molecule has 1 rings (SSSR count). The zero-order valence-electron chi connectivity index (χ0n) is 14.8. The smallest absolute Gasteiger partial charge is 0.325 e. The van der Waals surface area contributed by atoms with Gasteiger partial charge in [-0.1, -0.05) is 13.8 Å². The molecule has 0 aromatic rings. The zero-order valence-corrected chi connectivity index (χ0v) is 14.8. The first-order valence-electron chi connectivity index (χ1n) is 8.21. The Morgan fingerprint density at radius 3 is 2.00 bits per heavy atom. The fourth-order valence-electron chi connectivity index (χ4n) is 3.12. The third-order valence-corrected chi connectivity index (χ3v) is 4.40. The maximum Gasteiger partial charge on any atom is 0.325 e. The van der Waals surface area contributed by atoms with Crippen molar-refractivity contribution in [3.8, 4) is 0 Å². The Morgan fingerprint density at radius 2 is 1.61 bits per heavy atom. The van der Waals surface area contributed by atoms with Crippen molar-refractivity contribution in [2.75, 3.05) is 39.9 Å². The topological polar surface area (TPSA) is 76.2 Å². The Kier molecular flexibility index (Phi) is 7.00. The van der Waals surface area contributed by atoms with Crippen LogP contribution in [0.2, 0.25) is 0 Å². The van der Waals surface area contributed by atoms with E-state index in [1.165, 1.54) is 0 Å². The number of ether oxygens (including phenoxy) is 2. The minimum atomic E-state index is -1.60. The van der Waals surface area contributed by atoms with Crippen molar-refractivity contribution in [1.29, 1.82) is 0 Å². The number of likely N-dealkylation sites (tertiary alicyclic amines) is 1. The number of esters is 2. The molecular formula is C16H28N2O5. The fraction of sp³-hybridized carbons (Fsp3) is 0.812. The third kappa shape index (κ3) is 3.65. The molecule has 0 aromatic carbocycles. The van der Waals surface area contributed by atoms with E-state index in [0.29, 0.717) is 13.1 Å². The zero-order chi connectivity index (χ0) is 17.6. The van der Waals surface area contributed by atoms with Gasteiger partial charge in [-0.2, -0.15) is 0 Å². The lowest BCUT2D eigenvalue weighted by molar-refractivity contribution is -0.186. The number of amides is 1. The van der Waals surface area contributed by atoms with Crippen molar-refractivity contribution in [3.63, 3.8) is 0 Å². The molecular weight excluding hydrogens is 300 g/mol. The standard InChI is InChI=1S/C16H28N2O5/c1-6-18(7-2)12-11-17(5)13(19)10-16(12,14(20)22-8-3)15(21)23-9-4/h12H,6-11H2,1-5H3. The van der Waals surface area contributed by atoms with Crippen LogP contribution in [0.3, 0.4) is 0 Å². The van der Waals surface area contributed by atoms with E-state index in [2.05, 4.69) is 0 Å². The van der Waals surface area contributed by atoms with Crippen LogP contribution >= 0.6 is 0 Å². The highest BCUT2D eigenvalue weighted by Crippen LogP contribution is 2.38. The second kappa shape index (κ2) is 8.29. The summed E-state index contributed by atoms with van der Waals surface area (Å²) in [5, 5.41) is 0. The number of hydrogen-bond acceptors (Lipinski definition) is 6. The van der Waals surface area contributed by atoms with E-state index in [0.717, 1.165) is 0 Å². The Labute approximate surface area is 137 Å². The first kappa shape index (κ1) is 19.4. The molecule has 7 nitrogen and oxygen atoms in total. The number of hydrogen-bond donors (Lipinski definition) is 0. The van der Waals surface area contributed by atoms with E-state index >= 15 is 0 Å². The van der Waals surface area contributed by atoms with Crippen LogP contribution in [0.5, 0.6) is 0 Å². The second-order valence-corrected chi connectivity index (χ2v) is 5.60. The summed E-state index contributed by atoms with van der Waals surface area (Å²) in [6, 6.07) is -0.460.